The third-order valence-electron chi connectivity index (χ3n) is 2.14. The van der Waals surface area contributed by atoms with E-state index in [-0.39, 0.29) is 0 Å². The number of thioether (sulfide) groups is 1. The molecule has 0 N–H and O–H groups in total. The maximum atomic E-state index is 8.40. The van der Waals surface area contributed by atoms with Gasteiger partial charge in [-0.1, -0.05) is 35.0 Å². The Morgan fingerprint density at radius 3 is 3.00 bits per heavy atom. The normalized spacial score (nSPS) is 12.1. The molecule has 0 aliphatic carbocycles. The molecule has 0 fully saturated rings. The summed E-state index contributed by atoms with van der Waals surface area (Å²) in [4.78, 5) is 0. The van der Waals surface area contributed by atoms with Gasteiger partial charge in [-0.15, -0.1) is 0 Å². The molecule has 0 aromatic heterocycles. The number of hydrogen-bond acceptors (Lipinski definition) is 2. The maximum Gasteiger partial charge on any atom is 0.133 e. The molecule has 1 unspecified atom stereocenters. The zero-order valence-electron chi connectivity index (χ0n) is 8.03. The summed E-state index contributed by atoms with van der Waals surface area (Å²) in [6.07, 6.45) is 1.05. The zero-order chi connectivity index (χ0) is 10.4. The number of rotatable bonds is 4. The van der Waals surface area contributed by atoms with E-state index in [0.29, 0.717) is 5.92 Å². The number of thiocyanates is 1. The molecule has 0 aliphatic rings. The summed E-state index contributed by atoms with van der Waals surface area (Å²) in [5, 5.41) is 10.5. The third-order valence-corrected chi connectivity index (χ3v) is 3.20. The van der Waals surface area contributed by atoms with Gasteiger partial charge in [-0.3, -0.25) is 0 Å². The Labute approximate surface area is 97.6 Å². The summed E-state index contributed by atoms with van der Waals surface area (Å²) >= 11 is 4.78. The predicted octanol–water partition coefficient (Wildman–Crippen LogP) is 4.16. The van der Waals surface area contributed by atoms with Gasteiger partial charge in [-0.05, 0) is 41.8 Å². The van der Waals surface area contributed by atoms with Crippen molar-refractivity contribution in [2.45, 2.75) is 19.3 Å². The number of nitriles is 1. The number of nitrogens with zero attached hydrogens (tertiary/aromatic N) is 1. The molecule has 0 aliphatic heterocycles. The quantitative estimate of drug-likeness (QED) is 0.606. The second-order valence-corrected chi connectivity index (χ2v) is 4.98. The van der Waals surface area contributed by atoms with Crippen LogP contribution in [0.5, 0.6) is 0 Å². The Bertz CT molecular complexity index is 332. The average molecular weight is 270 g/mol. The highest BCUT2D eigenvalue weighted by molar-refractivity contribution is 9.10. The highest BCUT2D eigenvalue weighted by atomic mass is 79.9. The molecule has 74 valence electrons. The highest BCUT2D eigenvalue weighted by Crippen LogP contribution is 2.23. The van der Waals surface area contributed by atoms with Gasteiger partial charge in [0.1, 0.15) is 5.40 Å². The lowest BCUT2D eigenvalue weighted by Crippen LogP contribution is -1.94. The SMILES string of the molecule is CC(CCSC#N)c1cccc(Br)c1. The van der Waals surface area contributed by atoms with Crippen LogP contribution in [0.2, 0.25) is 0 Å². The van der Waals surface area contributed by atoms with E-state index in [1.807, 2.05) is 12.1 Å². The molecule has 14 heavy (non-hydrogen) atoms. The van der Waals surface area contributed by atoms with Crippen LogP contribution in [0.25, 0.3) is 0 Å². The van der Waals surface area contributed by atoms with E-state index in [9.17, 15) is 0 Å². The van der Waals surface area contributed by atoms with Crippen molar-refractivity contribution in [3.05, 3.63) is 34.3 Å². The summed E-state index contributed by atoms with van der Waals surface area (Å²) in [5.74, 6) is 1.43. The summed E-state index contributed by atoms with van der Waals surface area (Å²) in [6.45, 7) is 2.19. The molecule has 1 nitrogen and oxygen atoms in total. The van der Waals surface area contributed by atoms with Crippen molar-refractivity contribution < 1.29 is 0 Å². The molecule has 0 bridgehead atoms. The second kappa shape index (κ2) is 6.10. The first kappa shape index (κ1) is 11.6. The number of hydrogen-bond donors (Lipinski definition) is 0. The van der Waals surface area contributed by atoms with Gasteiger partial charge in [-0.25, -0.2) is 0 Å². The summed E-state index contributed by atoms with van der Waals surface area (Å²) in [5.41, 5.74) is 1.33. The fourth-order valence-corrected chi connectivity index (χ4v) is 2.24. The van der Waals surface area contributed by atoms with E-state index in [1.54, 1.807) is 0 Å². The minimum Gasteiger partial charge on any atom is -0.185 e. The minimum atomic E-state index is 0.522. The largest absolute Gasteiger partial charge is 0.185 e. The van der Waals surface area contributed by atoms with Crippen molar-refractivity contribution in [2.24, 2.45) is 0 Å². The first-order chi connectivity index (χ1) is 6.74. The van der Waals surface area contributed by atoms with Gasteiger partial charge in [0, 0.05) is 10.2 Å². The van der Waals surface area contributed by atoms with Crippen molar-refractivity contribution in [1.82, 2.24) is 0 Å². The Hall–Kier alpha value is -0.460. The zero-order valence-corrected chi connectivity index (χ0v) is 10.4. The Balaban J connectivity index is 2.52. The van der Waals surface area contributed by atoms with E-state index in [2.05, 4.69) is 40.4 Å². The van der Waals surface area contributed by atoms with Gasteiger partial charge in [0.25, 0.3) is 0 Å². The van der Waals surface area contributed by atoms with Gasteiger partial charge < -0.3 is 0 Å². The van der Waals surface area contributed by atoms with Crippen LogP contribution in [0.3, 0.4) is 0 Å². The fourth-order valence-electron chi connectivity index (χ4n) is 1.26. The predicted molar refractivity (Wildman–Crippen MR) is 65.2 cm³/mol. The molecule has 3 heteroatoms. The molecule has 1 aromatic rings. The van der Waals surface area contributed by atoms with Gasteiger partial charge in [-0.2, -0.15) is 5.26 Å². The highest BCUT2D eigenvalue weighted by Gasteiger charge is 2.05. The molecule has 1 aromatic carbocycles. The van der Waals surface area contributed by atoms with E-state index in [4.69, 9.17) is 5.26 Å². The summed E-state index contributed by atoms with van der Waals surface area (Å²) in [7, 11) is 0. The third kappa shape index (κ3) is 3.73. The van der Waals surface area contributed by atoms with Gasteiger partial charge in [0.2, 0.25) is 0 Å². The molecule has 0 spiro atoms. The maximum absolute atomic E-state index is 8.40. The molecule has 0 amide bonds. The van der Waals surface area contributed by atoms with Crippen LogP contribution in [0, 0.1) is 10.7 Å². The fraction of sp³-hybridized carbons (Fsp3) is 0.364. The topological polar surface area (TPSA) is 23.8 Å². The van der Waals surface area contributed by atoms with Gasteiger partial charge in [0.05, 0.1) is 0 Å². The van der Waals surface area contributed by atoms with E-state index in [1.165, 1.54) is 17.3 Å². The van der Waals surface area contributed by atoms with Crippen molar-refractivity contribution in [3.63, 3.8) is 0 Å². The van der Waals surface area contributed by atoms with Crippen LogP contribution in [0.4, 0.5) is 0 Å². The molecular weight excluding hydrogens is 258 g/mol. The average Bonchev–Trinajstić information content (AvgIpc) is 2.18. The number of benzene rings is 1. The van der Waals surface area contributed by atoms with Crippen LogP contribution in [0.1, 0.15) is 24.8 Å². The lowest BCUT2D eigenvalue weighted by molar-refractivity contribution is 0.741. The first-order valence-electron chi connectivity index (χ1n) is 4.50. The van der Waals surface area contributed by atoms with E-state index in [0.717, 1.165) is 16.6 Å². The first-order valence-corrected chi connectivity index (χ1v) is 6.28. The van der Waals surface area contributed by atoms with Crippen LogP contribution < -0.4 is 0 Å². The Morgan fingerprint density at radius 2 is 2.36 bits per heavy atom. The standard InChI is InChI=1S/C11H12BrNS/c1-9(5-6-14-8-13)10-3-2-4-11(12)7-10/h2-4,7,9H,5-6H2,1H3. The van der Waals surface area contributed by atoms with E-state index < -0.39 is 0 Å². The summed E-state index contributed by atoms with van der Waals surface area (Å²) in [6, 6.07) is 8.35. The monoisotopic (exact) mass is 269 g/mol. The second-order valence-electron chi connectivity index (χ2n) is 3.18. The van der Waals surface area contributed by atoms with Crippen molar-refractivity contribution in [1.29, 1.82) is 5.26 Å². The van der Waals surface area contributed by atoms with Gasteiger partial charge in [0.15, 0.2) is 0 Å². The summed E-state index contributed by atoms with van der Waals surface area (Å²) < 4.78 is 1.12. The van der Waals surface area contributed by atoms with Crippen molar-refractivity contribution in [2.75, 3.05) is 5.75 Å². The minimum absolute atomic E-state index is 0.522. The Kier molecular flexibility index (Phi) is 5.06. The van der Waals surface area contributed by atoms with Crippen LogP contribution in [-0.2, 0) is 0 Å². The lowest BCUT2D eigenvalue weighted by Gasteiger charge is -2.10. The molecule has 0 saturated heterocycles. The van der Waals surface area contributed by atoms with Crippen molar-refractivity contribution >= 4 is 27.7 Å². The molecule has 1 rings (SSSR count). The van der Waals surface area contributed by atoms with Crippen LogP contribution >= 0.6 is 27.7 Å². The van der Waals surface area contributed by atoms with Crippen LogP contribution in [-0.4, -0.2) is 5.75 Å². The lowest BCUT2D eigenvalue weighted by atomic mass is 9.99. The van der Waals surface area contributed by atoms with Gasteiger partial charge >= 0.3 is 0 Å². The number of halogens is 1. The molecule has 0 heterocycles. The van der Waals surface area contributed by atoms with Crippen molar-refractivity contribution in [3.8, 4) is 5.40 Å². The Morgan fingerprint density at radius 1 is 1.57 bits per heavy atom. The van der Waals surface area contributed by atoms with Crippen LogP contribution in [0.15, 0.2) is 28.7 Å². The molecular formula is C11H12BrNS. The molecule has 0 saturated carbocycles. The molecule has 1 atom stereocenters. The molecule has 0 radical (unpaired) electrons. The van der Waals surface area contributed by atoms with E-state index >= 15 is 0 Å². The smallest absolute Gasteiger partial charge is 0.133 e.